The number of nitrogens with one attached hydrogen (secondary N) is 1. The van der Waals surface area contributed by atoms with E-state index < -0.39 is 0 Å². The summed E-state index contributed by atoms with van der Waals surface area (Å²) >= 11 is 0. The van der Waals surface area contributed by atoms with Gasteiger partial charge in [-0.15, -0.1) is 0 Å². The summed E-state index contributed by atoms with van der Waals surface area (Å²) in [5.74, 6) is 1.76. The Morgan fingerprint density at radius 2 is 1.70 bits per heavy atom. The third kappa shape index (κ3) is 2.29. The second-order valence-electron chi connectivity index (χ2n) is 6.82. The van der Waals surface area contributed by atoms with Crippen LogP contribution in [0, 0.1) is 0 Å². The Balaban J connectivity index is 1.48. The molecule has 0 amide bonds. The van der Waals surface area contributed by atoms with Gasteiger partial charge in [-0.2, -0.15) is 0 Å². The molecule has 0 aliphatic heterocycles. The van der Waals surface area contributed by atoms with Crippen LogP contribution in [0.1, 0.15) is 47.9 Å². The first-order valence-electron chi connectivity index (χ1n) is 8.62. The maximum Gasteiger partial charge on any atom is 0.127 e. The number of hydrogen-bond acceptors (Lipinski definition) is 2. The molecule has 1 saturated carbocycles. The fourth-order valence-electron chi connectivity index (χ4n) is 3.90. The van der Waals surface area contributed by atoms with Crippen LogP contribution in [-0.2, 0) is 6.42 Å². The van der Waals surface area contributed by atoms with Crippen LogP contribution < -0.4 is 5.32 Å². The van der Waals surface area contributed by atoms with Crippen LogP contribution in [0.2, 0.25) is 0 Å². The minimum Gasteiger partial charge on any atom is -0.363 e. The smallest absolute Gasteiger partial charge is 0.127 e. The maximum atomic E-state index is 4.87. The van der Waals surface area contributed by atoms with Crippen molar-refractivity contribution in [3.05, 3.63) is 71.3 Å². The van der Waals surface area contributed by atoms with Crippen molar-refractivity contribution in [1.29, 1.82) is 0 Å². The van der Waals surface area contributed by atoms with Gasteiger partial charge in [-0.25, -0.2) is 4.98 Å². The molecule has 2 aromatic carbocycles. The standard InChI is InChI=1S/C21H20N2/c1-2-5-17-14(4-1)10-12-20(17)23-21-13-11-18-16(15-8-9-15)6-3-7-19(18)22-21/h1-7,11,13,15,20H,8-10,12H2,(H,22,23)/t20-/m1/s1. The Morgan fingerprint density at radius 1 is 0.826 bits per heavy atom. The van der Waals surface area contributed by atoms with Gasteiger partial charge in [0.1, 0.15) is 5.82 Å². The van der Waals surface area contributed by atoms with Crippen molar-refractivity contribution < 1.29 is 0 Å². The lowest BCUT2D eigenvalue weighted by Gasteiger charge is -2.15. The van der Waals surface area contributed by atoms with Crippen LogP contribution in [0.25, 0.3) is 10.9 Å². The van der Waals surface area contributed by atoms with Gasteiger partial charge in [-0.1, -0.05) is 36.4 Å². The van der Waals surface area contributed by atoms with Gasteiger partial charge >= 0.3 is 0 Å². The summed E-state index contributed by atoms with van der Waals surface area (Å²) in [6.07, 6.45) is 4.98. The molecule has 1 aromatic heterocycles. The van der Waals surface area contributed by atoms with Crippen LogP contribution in [0.15, 0.2) is 54.6 Å². The van der Waals surface area contributed by atoms with E-state index in [0.717, 1.165) is 30.1 Å². The number of nitrogens with zero attached hydrogens (tertiary/aromatic N) is 1. The van der Waals surface area contributed by atoms with Gasteiger partial charge in [0.15, 0.2) is 0 Å². The Morgan fingerprint density at radius 3 is 2.61 bits per heavy atom. The van der Waals surface area contributed by atoms with Crippen molar-refractivity contribution in [1.82, 2.24) is 4.98 Å². The Labute approximate surface area is 136 Å². The quantitative estimate of drug-likeness (QED) is 0.718. The average molecular weight is 300 g/mol. The topological polar surface area (TPSA) is 24.9 Å². The summed E-state index contributed by atoms with van der Waals surface area (Å²) in [4.78, 5) is 4.87. The van der Waals surface area contributed by atoms with Crippen molar-refractivity contribution >= 4 is 16.7 Å². The molecule has 3 aromatic rings. The van der Waals surface area contributed by atoms with Gasteiger partial charge in [0.2, 0.25) is 0 Å². The van der Waals surface area contributed by atoms with Crippen molar-refractivity contribution in [3.8, 4) is 0 Å². The number of fused-ring (bicyclic) bond motifs is 2. The largest absolute Gasteiger partial charge is 0.363 e. The van der Waals surface area contributed by atoms with Gasteiger partial charge in [0, 0.05) is 5.39 Å². The highest BCUT2D eigenvalue weighted by Crippen LogP contribution is 2.43. The van der Waals surface area contributed by atoms with Crippen molar-refractivity contribution in [2.24, 2.45) is 0 Å². The Kier molecular flexibility index (Phi) is 2.90. The highest BCUT2D eigenvalue weighted by Gasteiger charge is 2.25. The van der Waals surface area contributed by atoms with Crippen LogP contribution >= 0.6 is 0 Å². The molecule has 23 heavy (non-hydrogen) atoms. The van der Waals surface area contributed by atoms with Crippen molar-refractivity contribution in [2.75, 3.05) is 5.32 Å². The predicted molar refractivity (Wildman–Crippen MR) is 94.8 cm³/mol. The third-order valence-electron chi connectivity index (χ3n) is 5.24. The molecule has 2 aliphatic rings. The first kappa shape index (κ1) is 13.1. The number of hydrogen-bond donors (Lipinski definition) is 1. The molecule has 114 valence electrons. The molecule has 0 unspecified atom stereocenters. The van der Waals surface area contributed by atoms with Crippen LogP contribution in [0.5, 0.6) is 0 Å². The number of aromatic nitrogens is 1. The molecular weight excluding hydrogens is 280 g/mol. The molecule has 2 heteroatoms. The lowest BCUT2D eigenvalue weighted by Crippen LogP contribution is -2.08. The molecule has 0 bridgehead atoms. The fourth-order valence-corrected chi connectivity index (χ4v) is 3.90. The fraction of sp³-hybridized carbons (Fsp3) is 0.286. The van der Waals surface area contributed by atoms with Gasteiger partial charge in [0.25, 0.3) is 0 Å². The van der Waals surface area contributed by atoms with E-state index in [9.17, 15) is 0 Å². The normalized spacial score (nSPS) is 19.7. The minimum atomic E-state index is 0.391. The molecule has 1 fully saturated rings. The van der Waals surface area contributed by atoms with E-state index >= 15 is 0 Å². The maximum absolute atomic E-state index is 4.87. The highest BCUT2D eigenvalue weighted by molar-refractivity contribution is 5.84. The van der Waals surface area contributed by atoms with E-state index in [-0.39, 0.29) is 0 Å². The van der Waals surface area contributed by atoms with Crippen molar-refractivity contribution in [3.63, 3.8) is 0 Å². The molecule has 1 N–H and O–H groups in total. The van der Waals surface area contributed by atoms with E-state index in [1.54, 1.807) is 0 Å². The van der Waals surface area contributed by atoms with Gasteiger partial charge in [0.05, 0.1) is 11.6 Å². The zero-order valence-electron chi connectivity index (χ0n) is 13.1. The van der Waals surface area contributed by atoms with Crippen molar-refractivity contribution in [2.45, 2.75) is 37.6 Å². The van der Waals surface area contributed by atoms with Gasteiger partial charge in [-0.05, 0) is 66.5 Å². The summed E-state index contributed by atoms with van der Waals surface area (Å²) in [5.41, 5.74) is 5.50. The second kappa shape index (κ2) is 5.09. The number of aryl methyl sites for hydroxylation is 1. The summed E-state index contributed by atoms with van der Waals surface area (Å²) in [5, 5.41) is 4.97. The minimum absolute atomic E-state index is 0.391. The molecule has 0 spiro atoms. The molecule has 0 radical (unpaired) electrons. The number of rotatable bonds is 3. The second-order valence-corrected chi connectivity index (χ2v) is 6.82. The molecule has 5 rings (SSSR count). The lowest BCUT2D eigenvalue weighted by molar-refractivity contribution is 0.758. The summed E-state index contributed by atoms with van der Waals surface area (Å²) in [7, 11) is 0. The van der Waals surface area contributed by atoms with Gasteiger partial charge in [-0.3, -0.25) is 0 Å². The van der Waals surface area contributed by atoms with E-state index in [4.69, 9.17) is 4.98 Å². The van der Waals surface area contributed by atoms with Crippen LogP contribution in [-0.4, -0.2) is 4.98 Å². The summed E-state index contributed by atoms with van der Waals surface area (Å²) in [6, 6.07) is 20.1. The number of pyridine rings is 1. The number of anilines is 1. The summed E-state index contributed by atoms with van der Waals surface area (Å²) in [6.45, 7) is 0. The number of benzene rings is 2. The zero-order chi connectivity index (χ0) is 15.2. The average Bonchev–Trinajstić information content (AvgIpc) is 3.36. The molecule has 1 atom stereocenters. The Hall–Kier alpha value is -2.35. The summed E-state index contributed by atoms with van der Waals surface area (Å²) < 4.78 is 0. The highest BCUT2D eigenvalue weighted by atomic mass is 15.0. The van der Waals surface area contributed by atoms with Crippen LogP contribution in [0.3, 0.4) is 0 Å². The lowest BCUT2D eigenvalue weighted by atomic mass is 10.0. The van der Waals surface area contributed by atoms with E-state index in [2.05, 4.69) is 59.9 Å². The molecule has 0 saturated heterocycles. The molecule has 1 heterocycles. The monoisotopic (exact) mass is 300 g/mol. The predicted octanol–water partition coefficient (Wildman–Crippen LogP) is 5.21. The SMILES string of the molecule is c1ccc2c(c1)CC[C@H]2Nc1ccc2c(C3CC3)cccc2n1. The van der Waals surface area contributed by atoms with E-state index in [0.29, 0.717) is 6.04 Å². The third-order valence-corrected chi connectivity index (χ3v) is 5.24. The van der Waals surface area contributed by atoms with E-state index in [1.807, 2.05) is 0 Å². The van der Waals surface area contributed by atoms with Gasteiger partial charge < -0.3 is 5.32 Å². The Bertz CT molecular complexity index is 880. The molecular formula is C21H20N2. The zero-order valence-corrected chi connectivity index (χ0v) is 13.1. The first-order chi connectivity index (χ1) is 11.4. The molecule has 2 aliphatic carbocycles. The van der Waals surface area contributed by atoms with Crippen LogP contribution in [0.4, 0.5) is 5.82 Å². The first-order valence-corrected chi connectivity index (χ1v) is 8.62. The van der Waals surface area contributed by atoms with E-state index in [1.165, 1.54) is 34.9 Å². The molecule has 2 nitrogen and oxygen atoms in total.